The molecule has 1 aromatic carbocycles. The van der Waals surface area contributed by atoms with E-state index in [1.165, 1.54) is 0 Å². The van der Waals surface area contributed by atoms with Crippen LogP contribution in [0.4, 0.5) is 4.79 Å². The van der Waals surface area contributed by atoms with Gasteiger partial charge < -0.3 is 15.0 Å². The van der Waals surface area contributed by atoms with Crippen molar-refractivity contribution in [3.8, 4) is 5.75 Å². The summed E-state index contributed by atoms with van der Waals surface area (Å²) >= 11 is 0. The van der Waals surface area contributed by atoms with Gasteiger partial charge in [0.2, 0.25) is 0 Å². The first-order valence-electron chi connectivity index (χ1n) is 5.70. The molecule has 0 aromatic heterocycles. The number of nitrogens with one attached hydrogen (secondary N) is 1. The van der Waals surface area contributed by atoms with Crippen LogP contribution in [0, 0.1) is 0 Å². The van der Waals surface area contributed by atoms with Gasteiger partial charge in [-0.3, -0.25) is 0 Å². The third-order valence-electron chi connectivity index (χ3n) is 2.85. The number of rotatable bonds is 3. The summed E-state index contributed by atoms with van der Waals surface area (Å²) in [6.45, 7) is 5.43. The van der Waals surface area contributed by atoms with Gasteiger partial charge in [0.1, 0.15) is 5.75 Å². The van der Waals surface area contributed by atoms with Crippen molar-refractivity contribution in [2.75, 3.05) is 13.7 Å². The lowest BCUT2D eigenvalue weighted by Crippen LogP contribution is -2.36. The molecule has 1 N–H and O–H groups in total. The highest BCUT2D eigenvalue weighted by atomic mass is 16.5. The van der Waals surface area contributed by atoms with E-state index < -0.39 is 0 Å². The van der Waals surface area contributed by atoms with Crippen molar-refractivity contribution >= 4 is 6.03 Å². The van der Waals surface area contributed by atoms with Gasteiger partial charge in [0.25, 0.3) is 0 Å². The van der Waals surface area contributed by atoms with E-state index in [-0.39, 0.29) is 11.6 Å². The second-order valence-electron chi connectivity index (χ2n) is 5.02. The van der Waals surface area contributed by atoms with E-state index in [2.05, 4.69) is 5.32 Å². The average molecular weight is 234 g/mol. The van der Waals surface area contributed by atoms with Gasteiger partial charge in [-0.25, -0.2) is 4.79 Å². The number of hydrogen-bond donors (Lipinski definition) is 1. The van der Waals surface area contributed by atoms with E-state index in [1.54, 1.807) is 7.11 Å². The van der Waals surface area contributed by atoms with Crippen LogP contribution in [0.15, 0.2) is 24.3 Å². The van der Waals surface area contributed by atoms with E-state index in [4.69, 9.17) is 4.74 Å². The molecule has 4 nitrogen and oxygen atoms in total. The highest BCUT2D eigenvalue weighted by Crippen LogP contribution is 2.18. The molecule has 1 aromatic rings. The molecule has 92 valence electrons. The third kappa shape index (κ3) is 2.70. The summed E-state index contributed by atoms with van der Waals surface area (Å²) in [5.41, 5.74) is 0.974. The number of benzene rings is 1. The number of hydrogen-bond acceptors (Lipinski definition) is 2. The largest absolute Gasteiger partial charge is 0.497 e. The second-order valence-corrected chi connectivity index (χ2v) is 5.02. The molecule has 1 aliphatic rings. The average Bonchev–Trinajstić information content (AvgIpc) is 2.53. The van der Waals surface area contributed by atoms with Crippen molar-refractivity contribution in [3.63, 3.8) is 0 Å². The van der Waals surface area contributed by atoms with Crippen molar-refractivity contribution in [2.24, 2.45) is 0 Å². The van der Waals surface area contributed by atoms with Gasteiger partial charge in [-0.2, -0.15) is 0 Å². The fourth-order valence-electron chi connectivity index (χ4n) is 2.04. The number of carbonyl (C=O) groups excluding carboxylic acids is 1. The number of amides is 2. The maximum absolute atomic E-state index is 11.7. The number of methoxy groups -OCH3 is 1. The summed E-state index contributed by atoms with van der Waals surface area (Å²) in [7, 11) is 1.64. The third-order valence-corrected chi connectivity index (χ3v) is 2.85. The number of carbonyl (C=O) groups is 1. The molecule has 1 fully saturated rings. The number of urea groups is 1. The van der Waals surface area contributed by atoms with E-state index in [9.17, 15) is 4.79 Å². The molecule has 0 atom stereocenters. The molecule has 0 unspecified atom stereocenters. The Morgan fingerprint density at radius 3 is 2.47 bits per heavy atom. The van der Waals surface area contributed by atoms with Gasteiger partial charge in [-0.15, -0.1) is 0 Å². The molecule has 1 saturated heterocycles. The highest BCUT2D eigenvalue weighted by molar-refractivity contribution is 5.77. The molecule has 0 radical (unpaired) electrons. The SMILES string of the molecule is COc1ccc(CN2CC(C)(C)NC2=O)cc1. The first-order valence-corrected chi connectivity index (χ1v) is 5.70. The zero-order chi connectivity index (χ0) is 12.5. The molecule has 0 aliphatic carbocycles. The van der Waals surface area contributed by atoms with Gasteiger partial charge in [0, 0.05) is 13.1 Å². The fraction of sp³-hybridized carbons (Fsp3) is 0.462. The molecule has 1 aliphatic heterocycles. The van der Waals surface area contributed by atoms with E-state index in [0.29, 0.717) is 6.54 Å². The summed E-state index contributed by atoms with van der Waals surface area (Å²) in [4.78, 5) is 13.5. The van der Waals surface area contributed by atoms with Crippen LogP contribution in [-0.4, -0.2) is 30.1 Å². The quantitative estimate of drug-likeness (QED) is 0.869. The smallest absolute Gasteiger partial charge is 0.318 e. The van der Waals surface area contributed by atoms with Gasteiger partial charge in [-0.1, -0.05) is 12.1 Å². The van der Waals surface area contributed by atoms with Gasteiger partial charge in [-0.05, 0) is 31.5 Å². The Morgan fingerprint density at radius 2 is 2.00 bits per heavy atom. The molecule has 1 heterocycles. The Bertz CT molecular complexity index is 412. The van der Waals surface area contributed by atoms with E-state index in [0.717, 1.165) is 17.9 Å². The minimum Gasteiger partial charge on any atom is -0.497 e. The predicted molar refractivity (Wildman–Crippen MR) is 66.0 cm³/mol. The molecule has 0 spiro atoms. The van der Waals surface area contributed by atoms with Crippen molar-refractivity contribution in [1.82, 2.24) is 10.2 Å². The number of nitrogens with zero attached hydrogens (tertiary/aromatic N) is 1. The second kappa shape index (κ2) is 4.28. The van der Waals surface area contributed by atoms with Gasteiger partial charge >= 0.3 is 6.03 Å². The molecule has 17 heavy (non-hydrogen) atoms. The van der Waals surface area contributed by atoms with Crippen molar-refractivity contribution in [2.45, 2.75) is 25.9 Å². The zero-order valence-corrected chi connectivity index (χ0v) is 10.5. The molecule has 0 bridgehead atoms. The molecular weight excluding hydrogens is 216 g/mol. The van der Waals surface area contributed by atoms with Crippen molar-refractivity contribution < 1.29 is 9.53 Å². The Morgan fingerprint density at radius 1 is 1.35 bits per heavy atom. The predicted octanol–water partition coefficient (Wildman–Crippen LogP) is 2.00. The van der Waals surface area contributed by atoms with Crippen LogP contribution in [0.3, 0.4) is 0 Å². The first-order chi connectivity index (χ1) is 8.00. The molecule has 4 heteroatoms. The van der Waals surface area contributed by atoms with Gasteiger partial charge in [0.15, 0.2) is 0 Å². The monoisotopic (exact) mass is 234 g/mol. The van der Waals surface area contributed by atoms with Crippen LogP contribution >= 0.6 is 0 Å². The standard InChI is InChI=1S/C13H18N2O2/c1-13(2)9-15(12(16)14-13)8-10-4-6-11(17-3)7-5-10/h4-7H,8-9H2,1-3H3,(H,14,16). The summed E-state index contributed by atoms with van der Waals surface area (Å²) in [6.07, 6.45) is 0. The van der Waals surface area contributed by atoms with E-state index in [1.807, 2.05) is 43.0 Å². The Kier molecular flexibility index (Phi) is 2.96. The maximum Gasteiger partial charge on any atom is 0.318 e. The van der Waals surface area contributed by atoms with Crippen LogP contribution < -0.4 is 10.1 Å². The first kappa shape index (κ1) is 11.8. The molecule has 2 amide bonds. The minimum atomic E-state index is -0.135. The molecule has 0 saturated carbocycles. The van der Waals surface area contributed by atoms with Crippen LogP contribution in [0.25, 0.3) is 0 Å². The minimum absolute atomic E-state index is 0.00539. The lowest BCUT2D eigenvalue weighted by molar-refractivity contribution is 0.215. The summed E-state index contributed by atoms with van der Waals surface area (Å²) < 4.78 is 5.10. The van der Waals surface area contributed by atoms with Gasteiger partial charge in [0.05, 0.1) is 12.6 Å². The van der Waals surface area contributed by atoms with Crippen LogP contribution in [0.5, 0.6) is 5.75 Å². The normalized spacial score (nSPS) is 18.1. The highest BCUT2D eigenvalue weighted by Gasteiger charge is 2.34. The lowest BCUT2D eigenvalue weighted by Gasteiger charge is -2.17. The summed E-state index contributed by atoms with van der Waals surface area (Å²) in [5.74, 6) is 0.833. The van der Waals surface area contributed by atoms with E-state index >= 15 is 0 Å². The Balaban J connectivity index is 2.03. The van der Waals surface area contributed by atoms with Crippen molar-refractivity contribution in [3.05, 3.63) is 29.8 Å². The van der Waals surface area contributed by atoms with Crippen molar-refractivity contribution in [1.29, 1.82) is 0 Å². The van der Waals surface area contributed by atoms with Crippen LogP contribution in [0.2, 0.25) is 0 Å². The molecular formula is C13H18N2O2. The summed E-state index contributed by atoms with van der Waals surface area (Å²) in [6, 6.07) is 7.79. The fourth-order valence-corrected chi connectivity index (χ4v) is 2.04. The summed E-state index contributed by atoms with van der Waals surface area (Å²) in [5, 5.41) is 2.95. The zero-order valence-electron chi connectivity index (χ0n) is 10.5. The Labute approximate surface area is 102 Å². The number of ether oxygens (including phenoxy) is 1. The van der Waals surface area contributed by atoms with Crippen LogP contribution in [0.1, 0.15) is 19.4 Å². The van der Waals surface area contributed by atoms with Crippen LogP contribution in [-0.2, 0) is 6.54 Å². The molecule has 2 rings (SSSR count). The Hall–Kier alpha value is -1.71. The topological polar surface area (TPSA) is 41.6 Å². The maximum atomic E-state index is 11.7. The lowest BCUT2D eigenvalue weighted by atomic mass is 10.1.